The Hall–Kier alpha value is -2.58. The minimum atomic E-state index is -0.924. The van der Waals surface area contributed by atoms with E-state index in [-0.39, 0.29) is 18.9 Å². The first kappa shape index (κ1) is 20.2. The Kier molecular flexibility index (Phi) is 6.21. The van der Waals surface area contributed by atoms with Crippen LogP contribution in [0, 0.1) is 11.6 Å². The van der Waals surface area contributed by atoms with Crippen molar-refractivity contribution in [3.63, 3.8) is 0 Å². The summed E-state index contributed by atoms with van der Waals surface area (Å²) in [6.07, 6.45) is 1.94. The van der Waals surface area contributed by atoms with Crippen molar-refractivity contribution in [2.75, 3.05) is 6.54 Å². The first-order valence-corrected chi connectivity index (χ1v) is 9.59. The van der Waals surface area contributed by atoms with E-state index in [1.807, 2.05) is 0 Å². The van der Waals surface area contributed by atoms with Crippen LogP contribution < -0.4 is 0 Å². The smallest absolute Gasteiger partial charge is 0.303 e. The van der Waals surface area contributed by atoms with E-state index in [4.69, 9.17) is 17.3 Å². The van der Waals surface area contributed by atoms with E-state index < -0.39 is 17.6 Å². The van der Waals surface area contributed by atoms with Crippen LogP contribution in [-0.2, 0) is 9.59 Å². The molecule has 0 aliphatic carbocycles. The summed E-state index contributed by atoms with van der Waals surface area (Å²) >= 11 is 6.36. The molecule has 0 spiro atoms. The summed E-state index contributed by atoms with van der Waals surface area (Å²) in [6, 6.07) is 10.2. The van der Waals surface area contributed by atoms with Crippen LogP contribution in [0.25, 0.3) is 17.2 Å². The molecule has 0 unspecified atom stereocenters. The molecule has 28 heavy (non-hydrogen) atoms. The monoisotopic (exact) mass is 419 g/mol. The highest BCUT2D eigenvalue weighted by molar-refractivity contribution is 8.26. The van der Waals surface area contributed by atoms with Crippen LogP contribution in [0.2, 0.25) is 0 Å². The Labute approximate surface area is 169 Å². The van der Waals surface area contributed by atoms with Gasteiger partial charge in [0.05, 0.1) is 4.91 Å². The molecule has 3 rings (SSSR count). The molecule has 1 aliphatic rings. The molecule has 0 aromatic heterocycles. The summed E-state index contributed by atoms with van der Waals surface area (Å²) in [7, 11) is 0. The van der Waals surface area contributed by atoms with Gasteiger partial charge in [0.1, 0.15) is 16.0 Å². The molecule has 0 radical (unpaired) electrons. The van der Waals surface area contributed by atoms with Gasteiger partial charge in [0.15, 0.2) is 0 Å². The molecule has 144 valence electrons. The van der Waals surface area contributed by atoms with Gasteiger partial charge in [0.25, 0.3) is 5.91 Å². The van der Waals surface area contributed by atoms with E-state index in [2.05, 4.69) is 0 Å². The second-order valence-electron chi connectivity index (χ2n) is 6.11. The number of amides is 1. The highest BCUT2D eigenvalue weighted by atomic mass is 32.2. The molecule has 0 saturated carbocycles. The molecule has 1 amide bonds. The van der Waals surface area contributed by atoms with Crippen LogP contribution in [0.1, 0.15) is 18.4 Å². The third-order valence-corrected chi connectivity index (χ3v) is 5.40. The van der Waals surface area contributed by atoms with E-state index in [0.717, 1.165) is 17.8 Å². The van der Waals surface area contributed by atoms with Crippen molar-refractivity contribution in [3.05, 3.63) is 64.6 Å². The van der Waals surface area contributed by atoms with Crippen molar-refractivity contribution < 1.29 is 23.5 Å². The number of thiocarbonyl (C=S) groups is 1. The van der Waals surface area contributed by atoms with E-state index >= 15 is 0 Å². The van der Waals surface area contributed by atoms with Gasteiger partial charge in [-0.15, -0.1) is 0 Å². The second kappa shape index (κ2) is 8.62. The van der Waals surface area contributed by atoms with E-state index in [1.54, 1.807) is 30.3 Å². The number of halogens is 2. The van der Waals surface area contributed by atoms with Gasteiger partial charge in [-0.05, 0) is 47.4 Å². The highest BCUT2D eigenvalue weighted by Crippen LogP contribution is 2.33. The van der Waals surface area contributed by atoms with Crippen LogP contribution >= 0.6 is 24.0 Å². The van der Waals surface area contributed by atoms with Crippen molar-refractivity contribution in [2.45, 2.75) is 12.8 Å². The van der Waals surface area contributed by atoms with E-state index in [0.29, 0.717) is 32.3 Å². The lowest BCUT2D eigenvalue weighted by atomic mass is 10.0. The quantitative estimate of drug-likeness (QED) is 0.543. The lowest BCUT2D eigenvalue weighted by molar-refractivity contribution is -0.137. The Bertz CT molecular complexity index is 971. The highest BCUT2D eigenvalue weighted by Gasteiger charge is 2.31. The van der Waals surface area contributed by atoms with Gasteiger partial charge in [-0.1, -0.05) is 42.2 Å². The third kappa shape index (κ3) is 4.82. The van der Waals surface area contributed by atoms with E-state index in [1.165, 1.54) is 17.0 Å². The molecule has 0 bridgehead atoms. The molecule has 8 heteroatoms. The molecular weight excluding hydrogens is 404 g/mol. The maximum absolute atomic E-state index is 13.5. The maximum Gasteiger partial charge on any atom is 0.303 e. The zero-order valence-electron chi connectivity index (χ0n) is 14.5. The minimum absolute atomic E-state index is 0.0393. The Morgan fingerprint density at radius 1 is 1.14 bits per heavy atom. The van der Waals surface area contributed by atoms with Crippen LogP contribution in [0.3, 0.4) is 0 Å². The topological polar surface area (TPSA) is 57.6 Å². The van der Waals surface area contributed by atoms with Gasteiger partial charge in [-0.25, -0.2) is 8.78 Å². The van der Waals surface area contributed by atoms with Crippen LogP contribution in [0.5, 0.6) is 0 Å². The molecule has 1 aliphatic heterocycles. The standard InChI is InChI=1S/C20H15F2NO3S2/c21-15-9-14(10-16(22)11-15)13-4-1-3-12(7-13)8-17-19(26)23(20(27)28-17)6-2-5-18(24)25/h1,3-4,7-11H,2,5-6H2,(H,24,25). The summed E-state index contributed by atoms with van der Waals surface area (Å²) < 4.78 is 27.3. The molecule has 2 aromatic rings. The minimum Gasteiger partial charge on any atom is -0.481 e. The van der Waals surface area contributed by atoms with Gasteiger partial charge in [-0.3, -0.25) is 14.5 Å². The number of rotatable bonds is 6. The fourth-order valence-corrected chi connectivity index (χ4v) is 4.07. The average Bonchev–Trinajstić information content (AvgIpc) is 2.88. The van der Waals surface area contributed by atoms with Gasteiger partial charge in [0, 0.05) is 19.0 Å². The molecular formula is C20H15F2NO3S2. The number of nitrogens with zero attached hydrogens (tertiary/aromatic N) is 1. The van der Waals surface area contributed by atoms with Crippen molar-refractivity contribution in [1.29, 1.82) is 0 Å². The molecule has 2 aromatic carbocycles. The molecule has 1 fully saturated rings. The maximum atomic E-state index is 13.5. The van der Waals surface area contributed by atoms with Gasteiger partial charge < -0.3 is 5.11 Å². The van der Waals surface area contributed by atoms with Gasteiger partial charge >= 0.3 is 5.97 Å². The largest absolute Gasteiger partial charge is 0.481 e. The Morgan fingerprint density at radius 3 is 2.54 bits per heavy atom. The zero-order chi connectivity index (χ0) is 20.3. The van der Waals surface area contributed by atoms with Crippen molar-refractivity contribution >= 4 is 46.3 Å². The van der Waals surface area contributed by atoms with Gasteiger partial charge in [-0.2, -0.15) is 0 Å². The zero-order valence-corrected chi connectivity index (χ0v) is 16.2. The number of aliphatic carboxylic acids is 1. The molecule has 1 saturated heterocycles. The Balaban J connectivity index is 1.81. The number of carboxylic acids is 1. The summed E-state index contributed by atoms with van der Waals surface area (Å²) in [6.45, 7) is 0.247. The number of carboxylic acid groups (broad SMARTS) is 1. The summed E-state index contributed by atoms with van der Waals surface area (Å²) in [5, 5.41) is 8.72. The molecule has 4 nitrogen and oxygen atoms in total. The van der Waals surface area contributed by atoms with E-state index in [9.17, 15) is 18.4 Å². The number of benzene rings is 2. The van der Waals surface area contributed by atoms with Crippen LogP contribution in [-0.4, -0.2) is 32.7 Å². The number of hydrogen-bond donors (Lipinski definition) is 1. The molecule has 0 atom stereocenters. The first-order valence-electron chi connectivity index (χ1n) is 8.37. The summed E-state index contributed by atoms with van der Waals surface area (Å²) in [5.41, 5.74) is 1.70. The number of carbonyl (C=O) groups excluding carboxylic acids is 1. The number of carbonyl (C=O) groups is 2. The average molecular weight is 419 g/mol. The Morgan fingerprint density at radius 2 is 1.86 bits per heavy atom. The first-order chi connectivity index (χ1) is 13.3. The summed E-state index contributed by atoms with van der Waals surface area (Å²) in [4.78, 5) is 25.0. The number of hydrogen-bond acceptors (Lipinski definition) is 4. The predicted molar refractivity (Wildman–Crippen MR) is 109 cm³/mol. The molecule has 1 N–H and O–H groups in total. The number of thioether (sulfide) groups is 1. The predicted octanol–water partition coefficient (Wildman–Crippen LogP) is 4.70. The van der Waals surface area contributed by atoms with Crippen molar-refractivity contribution in [2.24, 2.45) is 0 Å². The SMILES string of the molecule is O=C(O)CCCN1C(=O)C(=Cc2cccc(-c3cc(F)cc(F)c3)c2)SC1=S. The fraction of sp³-hybridized carbons (Fsp3) is 0.150. The van der Waals surface area contributed by atoms with Crippen LogP contribution in [0.15, 0.2) is 47.4 Å². The van der Waals surface area contributed by atoms with Crippen molar-refractivity contribution in [1.82, 2.24) is 4.90 Å². The molecule has 1 heterocycles. The lowest BCUT2D eigenvalue weighted by Crippen LogP contribution is -2.29. The van der Waals surface area contributed by atoms with Gasteiger partial charge in [0.2, 0.25) is 0 Å². The second-order valence-corrected chi connectivity index (χ2v) is 7.79. The third-order valence-electron chi connectivity index (χ3n) is 4.03. The lowest BCUT2D eigenvalue weighted by Gasteiger charge is -2.13. The van der Waals surface area contributed by atoms with Crippen molar-refractivity contribution in [3.8, 4) is 11.1 Å². The normalized spacial score (nSPS) is 15.5. The van der Waals surface area contributed by atoms with Crippen LogP contribution in [0.4, 0.5) is 8.78 Å². The fourth-order valence-electron chi connectivity index (χ4n) is 2.76. The summed E-state index contributed by atoms with van der Waals surface area (Å²) in [5.74, 6) is -2.53.